The second-order valence-electron chi connectivity index (χ2n) is 7.38. The van der Waals surface area contributed by atoms with Crippen LogP contribution < -0.4 is 15.5 Å². The lowest BCUT2D eigenvalue weighted by Crippen LogP contribution is -3.22. The van der Waals surface area contributed by atoms with Crippen molar-refractivity contribution in [1.29, 1.82) is 0 Å². The van der Waals surface area contributed by atoms with Crippen LogP contribution in [0.15, 0.2) is 24.3 Å². The largest absolute Gasteiger partial charge is 0.359 e. The summed E-state index contributed by atoms with van der Waals surface area (Å²) in [4.78, 5) is 1.93. The molecule has 2 atom stereocenters. The van der Waals surface area contributed by atoms with Crippen LogP contribution in [0.4, 0.5) is 5.69 Å². The topological polar surface area (TPSA) is 28.5 Å². The van der Waals surface area contributed by atoms with Gasteiger partial charge in [-0.2, -0.15) is 0 Å². The number of quaternary nitrogens is 1. The highest BCUT2D eigenvalue weighted by Gasteiger charge is 2.48. The predicted octanol–water partition coefficient (Wildman–Crippen LogP) is 2.76. The normalized spacial score (nSPS) is 33.1. The zero-order chi connectivity index (χ0) is 15.8. The van der Waals surface area contributed by atoms with Gasteiger partial charge in [-0.15, -0.1) is 0 Å². The monoisotopic (exact) mass is 350 g/mol. The van der Waals surface area contributed by atoms with E-state index in [2.05, 4.69) is 10.6 Å². The Morgan fingerprint density at radius 3 is 2.48 bits per heavy atom. The van der Waals surface area contributed by atoms with E-state index in [1.807, 2.05) is 29.2 Å². The van der Waals surface area contributed by atoms with Gasteiger partial charge in [0.15, 0.2) is 5.11 Å². The molecule has 2 bridgehead atoms. The summed E-state index contributed by atoms with van der Waals surface area (Å²) in [6, 6.07) is 10.9. The lowest BCUT2D eigenvalue weighted by Gasteiger charge is -2.46. The molecule has 0 spiro atoms. The van der Waals surface area contributed by atoms with Gasteiger partial charge in [-0.1, -0.05) is 17.7 Å². The van der Waals surface area contributed by atoms with Gasteiger partial charge in [0.05, 0.1) is 18.1 Å². The Morgan fingerprint density at radius 2 is 1.83 bits per heavy atom. The summed E-state index contributed by atoms with van der Waals surface area (Å²) in [5, 5.41) is 8.29. The van der Waals surface area contributed by atoms with Crippen molar-refractivity contribution in [2.24, 2.45) is 0 Å². The smallest absolute Gasteiger partial charge is 0.171 e. The Labute approximate surface area is 148 Å². The van der Waals surface area contributed by atoms with Crippen LogP contribution in [-0.2, 0) is 0 Å². The molecular formula is C18H25ClN3S+. The van der Waals surface area contributed by atoms with Crippen molar-refractivity contribution in [3.05, 3.63) is 29.3 Å². The molecule has 0 amide bonds. The zero-order valence-corrected chi connectivity index (χ0v) is 14.9. The SMILES string of the molecule is S=C(Nc1cccc(Cl)c1)NC1C[C@H]2CCC[C@H](C1)[NH+]2C1CC1. The highest BCUT2D eigenvalue weighted by molar-refractivity contribution is 7.80. The van der Waals surface area contributed by atoms with Crippen LogP contribution in [0.25, 0.3) is 0 Å². The molecule has 124 valence electrons. The van der Waals surface area contributed by atoms with Crippen molar-refractivity contribution in [3.8, 4) is 0 Å². The van der Waals surface area contributed by atoms with E-state index in [1.54, 1.807) is 0 Å². The molecule has 3 aliphatic rings. The molecule has 0 aromatic heterocycles. The molecule has 1 aliphatic carbocycles. The molecule has 0 radical (unpaired) electrons. The second kappa shape index (κ2) is 6.58. The molecule has 5 heteroatoms. The van der Waals surface area contributed by atoms with Gasteiger partial charge in [0, 0.05) is 42.4 Å². The number of anilines is 1. The van der Waals surface area contributed by atoms with Gasteiger partial charge in [0.1, 0.15) is 0 Å². The molecule has 2 aliphatic heterocycles. The van der Waals surface area contributed by atoms with Crippen LogP contribution in [-0.4, -0.2) is 29.3 Å². The van der Waals surface area contributed by atoms with Gasteiger partial charge in [-0.25, -0.2) is 0 Å². The maximum Gasteiger partial charge on any atom is 0.171 e. The van der Waals surface area contributed by atoms with E-state index in [1.165, 1.54) is 44.9 Å². The molecule has 3 N–H and O–H groups in total. The maximum atomic E-state index is 6.03. The van der Waals surface area contributed by atoms with Crippen LogP contribution in [0.5, 0.6) is 0 Å². The third kappa shape index (κ3) is 3.65. The quantitative estimate of drug-likeness (QED) is 0.732. The Hall–Kier alpha value is -0.840. The van der Waals surface area contributed by atoms with Gasteiger partial charge in [0.25, 0.3) is 0 Å². The van der Waals surface area contributed by atoms with E-state index < -0.39 is 0 Å². The summed E-state index contributed by atoms with van der Waals surface area (Å²) in [6.07, 6.45) is 9.65. The first-order valence-electron chi connectivity index (χ1n) is 8.89. The first kappa shape index (κ1) is 15.7. The van der Waals surface area contributed by atoms with Crippen molar-refractivity contribution in [3.63, 3.8) is 0 Å². The van der Waals surface area contributed by atoms with Crippen LogP contribution in [0, 0.1) is 0 Å². The number of thiocarbonyl (C=S) groups is 1. The number of hydrogen-bond donors (Lipinski definition) is 3. The fourth-order valence-corrected chi connectivity index (χ4v) is 5.16. The van der Waals surface area contributed by atoms with Crippen LogP contribution in [0.1, 0.15) is 44.9 Å². The minimum absolute atomic E-state index is 0.520. The number of piperidine rings is 2. The number of nitrogens with one attached hydrogen (secondary N) is 3. The fourth-order valence-electron chi connectivity index (χ4n) is 4.69. The van der Waals surface area contributed by atoms with Gasteiger partial charge < -0.3 is 15.5 Å². The summed E-state index contributed by atoms with van der Waals surface area (Å²) in [5.41, 5.74) is 0.955. The van der Waals surface area contributed by atoms with E-state index in [-0.39, 0.29) is 0 Å². The van der Waals surface area contributed by atoms with Crippen molar-refractivity contribution in [2.75, 3.05) is 5.32 Å². The van der Waals surface area contributed by atoms with Crippen molar-refractivity contribution < 1.29 is 4.90 Å². The average Bonchev–Trinajstić information content (AvgIpc) is 3.30. The van der Waals surface area contributed by atoms with E-state index in [0.29, 0.717) is 6.04 Å². The van der Waals surface area contributed by atoms with E-state index >= 15 is 0 Å². The summed E-state index contributed by atoms with van der Waals surface area (Å²) >= 11 is 11.5. The third-order valence-electron chi connectivity index (χ3n) is 5.65. The lowest BCUT2D eigenvalue weighted by molar-refractivity contribution is -0.971. The zero-order valence-electron chi connectivity index (χ0n) is 13.4. The Kier molecular flexibility index (Phi) is 4.48. The third-order valence-corrected chi connectivity index (χ3v) is 6.11. The predicted molar refractivity (Wildman–Crippen MR) is 99.2 cm³/mol. The van der Waals surface area contributed by atoms with Gasteiger partial charge in [-0.3, -0.25) is 0 Å². The molecule has 0 unspecified atom stereocenters. The molecular weight excluding hydrogens is 326 g/mol. The first-order chi connectivity index (χ1) is 11.2. The lowest BCUT2D eigenvalue weighted by atomic mass is 9.81. The minimum atomic E-state index is 0.520. The molecule has 2 saturated heterocycles. The van der Waals surface area contributed by atoms with Crippen molar-refractivity contribution in [1.82, 2.24) is 5.32 Å². The Bertz CT molecular complexity index is 575. The number of hydrogen-bond acceptors (Lipinski definition) is 1. The number of rotatable bonds is 3. The number of halogens is 1. The molecule has 2 heterocycles. The second-order valence-corrected chi connectivity index (χ2v) is 8.22. The molecule has 3 fully saturated rings. The minimum Gasteiger partial charge on any atom is -0.359 e. The molecule has 1 aromatic rings. The molecule has 1 saturated carbocycles. The van der Waals surface area contributed by atoms with Gasteiger partial charge >= 0.3 is 0 Å². The molecule has 4 rings (SSSR count). The highest BCUT2D eigenvalue weighted by atomic mass is 35.5. The van der Waals surface area contributed by atoms with Crippen molar-refractivity contribution in [2.45, 2.75) is 69.1 Å². The fraction of sp³-hybridized carbons (Fsp3) is 0.611. The summed E-state index contributed by atoms with van der Waals surface area (Å²) in [5.74, 6) is 0. The van der Waals surface area contributed by atoms with Crippen LogP contribution in [0.3, 0.4) is 0 Å². The highest BCUT2D eigenvalue weighted by Crippen LogP contribution is 2.27. The number of benzene rings is 1. The maximum absolute atomic E-state index is 6.03. The summed E-state index contributed by atoms with van der Waals surface area (Å²) in [7, 11) is 0. The Balaban J connectivity index is 1.35. The first-order valence-corrected chi connectivity index (χ1v) is 9.67. The standard InChI is InChI=1S/C18H24ClN3S/c19-12-3-1-4-13(9-12)20-18(23)21-14-10-16-5-2-6-17(11-14)22(16)15-7-8-15/h1,3-4,9,14-17H,2,5-8,10-11H2,(H2,20,21,23)/p+1/t16-,17-/m1/s1. The van der Waals surface area contributed by atoms with E-state index in [4.69, 9.17) is 23.8 Å². The van der Waals surface area contributed by atoms with Crippen LogP contribution >= 0.6 is 23.8 Å². The molecule has 23 heavy (non-hydrogen) atoms. The number of fused-ring (bicyclic) bond motifs is 2. The van der Waals surface area contributed by atoms with Crippen LogP contribution in [0.2, 0.25) is 5.02 Å². The molecule has 3 nitrogen and oxygen atoms in total. The van der Waals surface area contributed by atoms with Gasteiger partial charge in [-0.05, 0) is 49.7 Å². The van der Waals surface area contributed by atoms with Crippen molar-refractivity contribution >= 4 is 34.6 Å². The van der Waals surface area contributed by atoms with E-state index in [0.717, 1.165) is 33.9 Å². The summed E-state index contributed by atoms with van der Waals surface area (Å²) < 4.78 is 0. The summed E-state index contributed by atoms with van der Waals surface area (Å²) in [6.45, 7) is 0. The molecule has 1 aromatic carbocycles. The van der Waals surface area contributed by atoms with E-state index in [9.17, 15) is 0 Å². The Morgan fingerprint density at radius 1 is 1.09 bits per heavy atom. The average molecular weight is 351 g/mol. The van der Waals surface area contributed by atoms with Gasteiger partial charge in [0.2, 0.25) is 0 Å².